The third-order valence-corrected chi connectivity index (χ3v) is 4.13. The maximum Gasteiger partial charge on any atom is 0.321 e. The summed E-state index contributed by atoms with van der Waals surface area (Å²) in [6.45, 7) is 3.33. The molecule has 7 nitrogen and oxygen atoms in total. The minimum Gasteiger partial charge on any atom is -0.366 e. The molecule has 2 N–H and O–H groups in total. The first-order valence-electron chi connectivity index (χ1n) is 7.44. The fourth-order valence-corrected chi connectivity index (χ4v) is 2.53. The predicted molar refractivity (Wildman–Crippen MR) is 88.8 cm³/mol. The second kappa shape index (κ2) is 6.12. The number of nitrogens with one attached hydrogen (secondary N) is 2. The first kappa shape index (κ1) is 15.1. The third-order valence-electron chi connectivity index (χ3n) is 4.13. The summed E-state index contributed by atoms with van der Waals surface area (Å²) in [6.07, 6.45) is 1.62. The largest absolute Gasteiger partial charge is 0.366 e. The Morgan fingerprint density at radius 1 is 1.39 bits per heavy atom. The van der Waals surface area contributed by atoms with Gasteiger partial charge in [-0.2, -0.15) is 5.10 Å². The van der Waals surface area contributed by atoms with Crippen LogP contribution in [0, 0.1) is 6.92 Å². The quantitative estimate of drug-likeness (QED) is 0.898. The number of H-pyrrole nitrogens is 1. The molecule has 0 saturated carbocycles. The Balaban J connectivity index is 1.58. The molecule has 23 heavy (non-hydrogen) atoms. The van der Waals surface area contributed by atoms with Crippen molar-refractivity contribution in [3.8, 4) is 0 Å². The van der Waals surface area contributed by atoms with Gasteiger partial charge in [-0.15, -0.1) is 0 Å². The van der Waals surface area contributed by atoms with Crippen molar-refractivity contribution in [2.75, 3.05) is 30.4 Å². The Kier molecular flexibility index (Phi) is 4.01. The summed E-state index contributed by atoms with van der Waals surface area (Å²) >= 11 is 0. The van der Waals surface area contributed by atoms with Crippen molar-refractivity contribution < 1.29 is 4.79 Å². The third kappa shape index (κ3) is 3.18. The van der Waals surface area contributed by atoms with Crippen molar-refractivity contribution in [1.82, 2.24) is 15.1 Å². The van der Waals surface area contributed by atoms with Crippen molar-refractivity contribution >= 4 is 17.4 Å². The molecule has 2 aromatic rings. The number of para-hydroxylation sites is 1. The SMILES string of the molecule is Cc1ccccc1NC(=O)N(C)C1CN(c2cn[nH]c(=O)c2)C1. The summed E-state index contributed by atoms with van der Waals surface area (Å²) in [5.74, 6) is 0. The van der Waals surface area contributed by atoms with Crippen LogP contribution in [0.2, 0.25) is 0 Å². The molecule has 1 aliphatic heterocycles. The zero-order valence-electron chi connectivity index (χ0n) is 13.1. The summed E-state index contributed by atoms with van der Waals surface area (Å²) in [5, 5.41) is 9.06. The Labute approximate surface area is 133 Å². The first-order valence-corrected chi connectivity index (χ1v) is 7.44. The number of aryl methyl sites for hydroxylation is 1. The number of urea groups is 1. The molecule has 7 heteroatoms. The molecule has 1 aromatic heterocycles. The molecule has 0 atom stereocenters. The van der Waals surface area contributed by atoms with Gasteiger partial charge in [0.05, 0.1) is 17.9 Å². The molecule has 1 aromatic carbocycles. The van der Waals surface area contributed by atoms with Crippen LogP contribution in [0.1, 0.15) is 5.56 Å². The predicted octanol–water partition coefficient (Wildman–Crippen LogP) is 1.43. The van der Waals surface area contributed by atoms with Crippen LogP contribution in [0.4, 0.5) is 16.2 Å². The lowest BCUT2D eigenvalue weighted by Gasteiger charge is -2.44. The van der Waals surface area contributed by atoms with Gasteiger partial charge in [-0.25, -0.2) is 9.89 Å². The van der Waals surface area contributed by atoms with E-state index in [0.717, 1.165) is 16.9 Å². The maximum atomic E-state index is 12.3. The van der Waals surface area contributed by atoms with Gasteiger partial charge in [0, 0.05) is 31.9 Å². The minimum absolute atomic E-state index is 0.110. The van der Waals surface area contributed by atoms with E-state index in [0.29, 0.717) is 13.1 Å². The number of benzene rings is 1. The number of nitrogens with zero attached hydrogens (tertiary/aromatic N) is 3. The Bertz CT molecular complexity index is 767. The van der Waals surface area contributed by atoms with Crippen molar-refractivity contribution in [2.24, 2.45) is 0 Å². The van der Waals surface area contributed by atoms with E-state index in [4.69, 9.17) is 0 Å². The molecule has 1 aliphatic rings. The van der Waals surface area contributed by atoms with E-state index in [1.54, 1.807) is 18.1 Å². The van der Waals surface area contributed by atoms with Gasteiger partial charge in [-0.3, -0.25) is 4.79 Å². The number of amides is 2. The lowest BCUT2D eigenvalue weighted by molar-refractivity contribution is 0.192. The first-order chi connectivity index (χ1) is 11.0. The van der Waals surface area contributed by atoms with E-state index in [1.165, 1.54) is 6.07 Å². The van der Waals surface area contributed by atoms with Crippen LogP contribution in [-0.2, 0) is 0 Å². The molecule has 0 bridgehead atoms. The maximum absolute atomic E-state index is 12.3. The summed E-state index contributed by atoms with van der Waals surface area (Å²) in [7, 11) is 1.78. The van der Waals surface area contributed by atoms with E-state index in [9.17, 15) is 9.59 Å². The molecule has 120 valence electrons. The number of aromatic nitrogens is 2. The van der Waals surface area contributed by atoms with E-state index >= 15 is 0 Å². The van der Waals surface area contributed by atoms with E-state index in [1.807, 2.05) is 36.1 Å². The fourth-order valence-electron chi connectivity index (χ4n) is 2.53. The molecule has 2 amide bonds. The summed E-state index contributed by atoms with van der Waals surface area (Å²) < 4.78 is 0. The zero-order chi connectivity index (χ0) is 16.4. The minimum atomic E-state index is -0.225. The summed E-state index contributed by atoms with van der Waals surface area (Å²) in [6, 6.07) is 9.17. The van der Waals surface area contributed by atoms with Crippen LogP contribution >= 0.6 is 0 Å². The highest BCUT2D eigenvalue weighted by molar-refractivity contribution is 5.90. The molecule has 1 saturated heterocycles. The number of anilines is 2. The molecule has 0 spiro atoms. The highest BCUT2D eigenvalue weighted by atomic mass is 16.2. The molecule has 0 radical (unpaired) electrons. The van der Waals surface area contributed by atoms with Gasteiger partial charge in [0.15, 0.2) is 0 Å². The second-order valence-electron chi connectivity index (χ2n) is 5.72. The molecule has 3 rings (SSSR count). The van der Waals surface area contributed by atoms with Crippen LogP contribution < -0.4 is 15.8 Å². The standard InChI is InChI=1S/C16H19N5O2/c1-11-5-3-4-6-14(11)18-16(23)20(2)13-9-21(10-13)12-7-15(22)19-17-8-12/h3-8,13H,9-10H2,1-2H3,(H,18,23)(H,19,22). The Hall–Kier alpha value is -2.83. The molecule has 1 fully saturated rings. The van der Waals surface area contributed by atoms with Crippen LogP contribution in [-0.4, -0.2) is 47.3 Å². The topological polar surface area (TPSA) is 81.3 Å². The zero-order valence-corrected chi connectivity index (χ0v) is 13.1. The molecular weight excluding hydrogens is 294 g/mol. The van der Waals surface area contributed by atoms with Crippen LogP contribution in [0.3, 0.4) is 0 Å². The lowest BCUT2D eigenvalue weighted by atomic mass is 10.1. The van der Waals surface area contributed by atoms with Crippen molar-refractivity contribution in [2.45, 2.75) is 13.0 Å². The number of carbonyl (C=O) groups excluding carboxylic acids is 1. The summed E-state index contributed by atoms with van der Waals surface area (Å²) in [4.78, 5) is 27.3. The van der Waals surface area contributed by atoms with Crippen molar-refractivity contribution in [3.63, 3.8) is 0 Å². The number of hydrogen-bond donors (Lipinski definition) is 2. The van der Waals surface area contributed by atoms with Gasteiger partial charge in [0.1, 0.15) is 0 Å². The monoisotopic (exact) mass is 313 g/mol. The Morgan fingerprint density at radius 2 is 2.13 bits per heavy atom. The highest BCUT2D eigenvalue weighted by Crippen LogP contribution is 2.22. The highest BCUT2D eigenvalue weighted by Gasteiger charge is 2.33. The van der Waals surface area contributed by atoms with Gasteiger partial charge in [0.2, 0.25) is 0 Å². The van der Waals surface area contributed by atoms with Gasteiger partial charge in [-0.05, 0) is 18.6 Å². The van der Waals surface area contributed by atoms with E-state index in [2.05, 4.69) is 15.5 Å². The van der Waals surface area contributed by atoms with Gasteiger partial charge in [0.25, 0.3) is 5.56 Å². The molecule has 0 aliphatic carbocycles. The molecule has 2 heterocycles. The Morgan fingerprint density at radius 3 is 2.83 bits per heavy atom. The van der Waals surface area contributed by atoms with Crippen molar-refractivity contribution in [1.29, 1.82) is 0 Å². The van der Waals surface area contributed by atoms with Gasteiger partial charge in [-0.1, -0.05) is 18.2 Å². The number of hydrogen-bond acceptors (Lipinski definition) is 4. The molecular formula is C16H19N5O2. The van der Waals surface area contributed by atoms with Crippen LogP contribution in [0.5, 0.6) is 0 Å². The van der Waals surface area contributed by atoms with Crippen LogP contribution in [0.25, 0.3) is 0 Å². The van der Waals surface area contributed by atoms with E-state index < -0.39 is 0 Å². The average molecular weight is 313 g/mol. The van der Waals surface area contributed by atoms with Gasteiger partial charge >= 0.3 is 6.03 Å². The van der Waals surface area contributed by atoms with Crippen molar-refractivity contribution in [3.05, 3.63) is 52.4 Å². The number of carbonyl (C=O) groups is 1. The van der Waals surface area contributed by atoms with Gasteiger partial charge < -0.3 is 15.1 Å². The number of rotatable bonds is 3. The summed E-state index contributed by atoms with van der Waals surface area (Å²) in [5.41, 5.74) is 2.40. The normalized spacial score (nSPS) is 14.3. The average Bonchev–Trinajstić information content (AvgIpc) is 2.48. The second-order valence-corrected chi connectivity index (χ2v) is 5.72. The number of aromatic amines is 1. The lowest BCUT2D eigenvalue weighted by Crippen LogP contribution is -2.60. The number of likely N-dealkylation sites (N-methyl/N-ethyl adjacent to an activating group) is 1. The fraction of sp³-hybridized carbons (Fsp3) is 0.312. The molecule has 0 unspecified atom stereocenters. The van der Waals surface area contributed by atoms with E-state index in [-0.39, 0.29) is 17.6 Å². The van der Waals surface area contributed by atoms with Crippen LogP contribution in [0.15, 0.2) is 41.3 Å². The smallest absolute Gasteiger partial charge is 0.321 e.